The molecule has 5 heteroatoms. The van der Waals surface area contributed by atoms with Gasteiger partial charge in [-0.3, -0.25) is 0 Å². The van der Waals surface area contributed by atoms with Crippen LogP contribution in [0.25, 0.3) is 0 Å². The molecular formula is C15H27N3O2. The maximum absolute atomic E-state index is 9.72. The molecule has 0 saturated heterocycles. The SMILES string of the molecule is CCCNC(C)c1ccc(N(C)CC(O)COC)nc1. The third-order valence-electron chi connectivity index (χ3n) is 3.21. The first-order chi connectivity index (χ1) is 9.58. The van der Waals surface area contributed by atoms with E-state index in [9.17, 15) is 5.11 Å². The standard InChI is InChI=1S/C15H27N3O2/c1-5-8-16-12(2)13-6-7-15(17-9-13)18(3)10-14(19)11-20-4/h6-7,9,12,14,16,19H,5,8,10-11H2,1-4H3. The second kappa shape index (κ2) is 8.89. The minimum atomic E-state index is -0.503. The van der Waals surface area contributed by atoms with Gasteiger partial charge in [0.25, 0.3) is 0 Å². The maximum Gasteiger partial charge on any atom is 0.128 e. The summed E-state index contributed by atoms with van der Waals surface area (Å²) in [5.41, 5.74) is 1.17. The molecule has 0 saturated carbocycles. The summed E-state index contributed by atoms with van der Waals surface area (Å²) in [7, 11) is 3.50. The summed E-state index contributed by atoms with van der Waals surface area (Å²) in [6.07, 6.45) is 2.51. The Hall–Kier alpha value is -1.17. The lowest BCUT2D eigenvalue weighted by Crippen LogP contribution is -2.32. The Morgan fingerprint density at radius 1 is 1.45 bits per heavy atom. The number of nitrogens with zero attached hydrogens (tertiary/aromatic N) is 2. The van der Waals surface area contributed by atoms with Crippen molar-refractivity contribution in [3.05, 3.63) is 23.9 Å². The summed E-state index contributed by atoms with van der Waals surface area (Å²) in [4.78, 5) is 6.38. The van der Waals surface area contributed by atoms with Crippen LogP contribution in [0.1, 0.15) is 31.9 Å². The second-order valence-corrected chi connectivity index (χ2v) is 5.12. The van der Waals surface area contributed by atoms with E-state index in [1.54, 1.807) is 7.11 Å². The molecule has 20 heavy (non-hydrogen) atoms. The predicted molar refractivity (Wildman–Crippen MR) is 82.1 cm³/mol. The summed E-state index contributed by atoms with van der Waals surface area (Å²) in [5.74, 6) is 0.853. The molecule has 1 rings (SSSR count). The Balaban J connectivity index is 2.56. The molecule has 0 spiro atoms. The van der Waals surface area contributed by atoms with Gasteiger partial charge < -0.3 is 20.1 Å². The number of methoxy groups -OCH3 is 1. The van der Waals surface area contributed by atoms with Gasteiger partial charge in [-0.05, 0) is 31.5 Å². The van der Waals surface area contributed by atoms with Crippen molar-refractivity contribution in [1.82, 2.24) is 10.3 Å². The lowest BCUT2D eigenvalue weighted by atomic mass is 10.1. The molecule has 2 N–H and O–H groups in total. The minimum Gasteiger partial charge on any atom is -0.389 e. The summed E-state index contributed by atoms with van der Waals surface area (Å²) < 4.78 is 4.92. The predicted octanol–water partition coefficient (Wildman–Crippen LogP) is 1.59. The number of hydrogen-bond donors (Lipinski definition) is 2. The maximum atomic E-state index is 9.72. The van der Waals surface area contributed by atoms with E-state index < -0.39 is 6.10 Å². The van der Waals surface area contributed by atoms with Crippen LogP contribution in [0.15, 0.2) is 18.3 Å². The summed E-state index contributed by atoms with van der Waals surface area (Å²) in [6.45, 7) is 6.13. The fraction of sp³-hybridized carbons (Fsp3) is 0.667. The third-order valence-corrected chi connectivity index (χ3v) is 3.21. The fourth-order valence-electron chi connectivity index (χ4n) is 2.01. The number of nitrogens with one attached hydrogen (secondary N) is 1. The molecule has 1 heterocycles. The molecular weight excluding hydrogens is 254 g/mol. The van der Waals surface area contributed by atoms with Crippen molar-refractivity contribution < 1.29 is 9.84 Å². The number of aromatic nitrogens is 1. The van der Waals surface area contributed by atoms with Gasteiger partial charge in [-0.1, -0.05) is 13.0 Å². The Morgan fingerprint density at radius 2 is 2.20 bits per heavy atom. The van der Waals surface area contributed by atoms with Gasteiger partial charge in [0.1, 0.15) is 5.82 Å². The molecule has 1 aromatic rings. The van der Waals surface area contributed by atoms with Crippen molar-refractivity contribution in [2.24, 2.45) is 0 Å². The zero-order valence-electron chi connectivity index (χ0n) is 13.0. The van der Waals surface area contributed by atoms with Crippen LogP contribution >= 0.6 is 0 Å². The highest BCUT2D eigenvalue weighted by molar-refractivity contribution is 5.39. The molecule has 2 atom stereocenters. The number of anilines is 1. The summed E-state index contributed by atoms with van der Waals surface area (Å²) >= 11 is 0. The lowest BCUT2D eigenvalue weighted by Gasteiger charge is -2.22. The first-order valence-electron chi connectivity index (χ1n) is 7.16. The normalized spacial score (nSPS) is 14.1. The molecule has 5 nitrogen and oxygen atoms in total. The second-order valence-electron chi connectivity index (χ2n) is 5.12. The van der Waals surface area contributed by atoms with Gasteiger partial charge in [0.15, 0.2) is 0 Å². The molecule has 114 valence electrons. The van der Waals surface area contributed by atoms with Gasteiger partial charge in [-0.2, -0.15) is 0 Å². The highest BCUT2D eigenvalue weighted by Gasteiger charge is 2.10. The van der Waals surface area contributed by atoms with Crippen LogP contribution < -0.4 is 10.2 Å². The molecule has 0 amide bonds. The minimum absolute atomic E-state index is 0.306. The van der Waals surface area contributed by atoms with Crippen molar-refractivity contribution in [2.75, 3.05) is 38.8 Å². The van der Waals surface area contributed by atoms with Crippen LogP contribution in [-0.2, 0) is 4.74 Å². The smallest absolute Gasteiger partial charge is 0.128 e. The molecule has 0 bridgehead atoms. The number of aliphatic hydroxyl groups is 1. The van der Waals surface area contributed by atoms with Crippen LogP contribution in [0, 0.1) is 0 Å². The van der Waals surface area contributed by atoms with Gasteiger partial charge in [-0.15, -0.1) is 0 Å². The van der Waals surface area contributed by atoms with E-state index >= 15 is 0 Å². The average Bonchev–Trinajstić information content (AvgIpc) is 2.45. The topological polar surface area (TPSA) is 57.6 Å². The van der Waals surface area contributed by atoms with E-state index in [0.717, 1.165) is 18.8 Å². The number of ether oxygens (including phenoxy) is 1. The number of pyridine rings is 1. The molecule has 0 aliphatic heterocycles. The molecule has 0 fully saturated rings. The van der Waals surface area contributed by atoms with E-state index in [1.807, 2.05) is 24.2 Å². The summed E-state index contributed by atoms with van der Waals surface area (Å²) in [5, 5.41) is 13.2. The fourth-order valence-corrected chi connectivity index (χ4v) is 2.01. The van der Waals surface area contributed by atoms with E-state index in [1.165, 1.54) is 5.56 Å². The van der Waals surface area contributed by atoms with Crippen LogP contribution in [0.3, 0.4) is 0 Å². The van der Waals surface area contributed by atoms with Crippen molar-refractivity contribution >= 4 is 5.82 Å². The molecule has 0 aromatic carbocycles. The van der Waals surface area contributed by atoms with Crippen molar-refractivity contribution in [3.63, 3.8) is 0 Å². The molecule has 1 aromatic heterocycles. The van der Waals surface area contributed by atoms with Gasteiger partial charge in [0.2, 0.25) is 0 Å². The molecule has 0 aliphatic carbocycles. The highest BCUT2D eigenvalue weighted by Crippen LogP contribution is 2.15. The Kier molecular flexibility index (Phi) is 7.51. The van der Waals surface area contributed by atoms with Gasteiger partial charge in [0, 0.05) is 32.9 Å². The number of rotatable bonds is 9. The Morgan fingerprint density at radius 3 is 2.75 bits per heavy atom. The van der Waals surface area contributed by atoms with Crippen molar-refractivity contribution in [2.45, 2.75) is 32.4 Å². The van der Waals surface area contributed by atoms with Crippen LogP contribution in [0.4, 0.5) is 5.82 Å². The van der Waals surface area contributed by atoms with E-state index in [4.69, 9.17) is 4.74 Å². The van der Waals surface area contributed by atoms with E-state index in [2.05, 4.69) is 30.2 Å². The van der Waals surface area contributed by atoms with E-state index in [0.29, 0.717) is 19.2 Å². The van der Waals surface area contributed by atoms with Gasteiger partial charge >= 0.3 is 0 Å². The first-order valence-corrected chi connectivity index (χ1v) is 7.16. The van der Waals surface area contributed by atoms with Crippen LogP contribution in [0.5, 0.6) is 0 Å². The monoisotopic (exact) mass is 281 g/mol. The van der Waals surface area contributed by atoms with Crippen molar-refractivity contribution in [3.8, 4) is 0 Å². The number of hydrogen-bond acceptors (Lipinski definition) is 5. The first kappa shape index (κ1) is 16.9. The number of aliphatic hydroxyl groups excluding tert-OH is 1. The average molecular weight is 281 g/mol. The Labute approximate surface area is 122 Å². The van der Waals surface area contributed by atoms with Crippen LogP contribution in [0.2, 0.25) is 0 Å². The molecule has 0 radical (unpaired) electrons. The zero-order chi connectivity index (χ0) is 15.0. The quantitative estimate of drug-likeness (QED) is 0.720. The molecule has 0 aliphatic rings. The Bertz CT molecular complexity index is 370. The van der Waals surface area contributed by atoms with Gasteiger partial charge in [-0.25, -0.2) is 4.98 Å². The summed E-state index contributed by atoms with van der Waals surface area (Å²) in [6, 6.07) is 4.37. The molecule has 2 unspecified atom stereocenters. The zero-order valence-corrected chi connectivity index (χ0v) is 13.0. The third kappa shape index (κ3) is 5.45. The van der Waals surface area contributed by atoms with Crippen molar-refractivity contribution in [1.29, 1.82) is 0 Å². The lowest BCUT2D eigenvalue weighted by molar-refractivity contribution is 0.0694. The largest absolute Gasteiger partial charge is 0.389 e. The van der Waals surface area contributed by atoms with E-state index in [-0.39, 0.29) is 0 Å². The highest BCUT2D eigenvalue weighted by atomic mass is 16.5. The van der Waals surface area contributed by atoms with Crippen LogP contribution in [-0.4, -0.2) is 50.0 Å². The van der Waals surface area contributed by atoms with Gasteiger partial charge in [0.05, 0.1) is 12.7 Å². The number of likely N-dealkylation sites (N-methyl/N-ethyl adjacent to an activating group) is 1.